The summed E-state index contributed by atoms with van der Waals surface area (Å²) < 4.78 is 37.8. The topological polar surface area (TPSA) is 37.3 Å². The summed E-state index contributed by atoms with van der Waals surface area (Å²) in [4.78, 5) is 11.4. The predicted molar refractivity (Wildman–Crippen MR) is 79.9 cm³/mol. The number of benzene rings is 2. The van der Waals surface area contributed by atoms with Crippen LogP contribution in [0.15, 0.2) is 54.1 Å². The highest BCUT2D eigenvalue weighted by atomic mass is 19.4. The highest BCUT2D eigenvalue weighted by Crippen LogP contribution is 2.39. The Hall–Kier alpha value is -2.56. The molecular formula is C18H13F3O2. The quantitative estimate of drug-likeness (QED) is 0.904. The maximum absolute atomic E-state index is 12.6. The average molecular weight is 318 g/mol. The minimum atomic E-state index is -4.37. The van der Waals surface area contributed by atoms with E-state index in [-0.39, 0.29) is 11.5 Å². The van der Waals surface area contributed by atoms with Gasteiger partial charge in [-0.3, -0.25) is 0 Å². The molecule has 0 aliphatic heterocycles. The number of carbonyl (C=O) groups is 1. The van der Waals surface area contributed by atoms with Crippen molar-refractivity contribution < 1.29 is 23.1 Å². The first kappa shape index (κ1) is 15.3. The van der Waals surface area contributed by atoms with E-state index in [2.05, 4.69) is 0 Å². The summed E-state index contributed by atoms with van der Waals surface area (Å²) in [7, 11) is 0. The van der Waals surface area contributed by atoms with Crippen molar-refractivity contribution in [1.82, 2.24) is 0 Å². The van der Waals surface area contributed by atoms with Crippen LogP contribution in [0, 0.1) is 0 Å². The van der Waals surface area contributed by atoms with Gasteiger partial charge in [-0.25, -0.2) is 4.79 Å². The Morgan fingerprint density at radius 3 is 2.30 bits per heavy atom. The molecule has 1 N–H and O–H groups in total. The smallest absolute Gasteiger partial charge is 0.416 e. The molecule has 118 valence electrons. The first-order valence-corrected chi connectivity index (χ1v) is 7.06. The van der Waals surface area contributed by atoms with E-state index in [0.29, 0.717) is 12.0 Å². The summed E-state index contributed by atoms with van der Waals surface area (Å²) in [6.45, 7) is 0. The summed E-state index contributed by atoms with van der Waals surface area (Å²) >= 11 is 0. The number of rotatable bonds is 3. The summed E-state index contributed by atoms with van der Waals surface area (Å²) in [5.74, 6) is -1.35. The fourth-order valence-corrected chi connectivity index (χ4v) is 2.89. The van der Waals surface area contributed by atoms with Crippen molar-refractivity contribution in [3.05, 3.63) is 76.4 Å². The molecule has 3 rings (SSSR count). The summed E-state index contributed by atoms with van der Waals surface area (Å²) in [6.07, 6.45) is -2.38. The lowest BCUT2D eigenvalue weighted by atomic mass is 9.89. The Morgan fingerprint density at radius 1 is 1.04 bits per heavy atom. The van der Waals surface area contributed by atoms with Crippen LogP contribution in [0.25, 0.3) is 6.08 Å². The summed E-state index contributed by atoms with van der Waals surface area (Å²) in [5, 5.41) is 9.37. The van der Waals surface area contributed by atoms with Crippen molar-refractivity contribution >= 4 is 12.0 Å². The van der Waals surface area contributed by atoms with Crippen LogP contribution in [0.2, 0.25) is 0 Å². The molecule has 1 aliphatic rings. The number of hydrogen-bond donors (Lipinski definition) is 1. The van der Waals surface area contributed by atoms with Crippen LogP contribution >= 0.6 is 0 Å². The molecule has 1 atom stereocenters. The predicted octanol–water partition coefficient (Wildman–Crippen LogP) is 4.51. The number of hydrogen-bond acceptors (Lipinski definition) is 1. The number of alkyl halides is 3. The standard InChI is InChI=1S/C18H13F3O2/c19-18(20,21)13-7-5-11(6-8-13)9-15-14-4-2-1-3-12(14)10-16(15)17(22)23/h1-8,10,15H,9H2,(H,22,23). The van der Waals surface area contributed by atoms with Crippen LogP contribution in [0.5, 0.6) is 0 Å². The molecule has 1 unspecified atom stereocenters. The van der Waals surface area contributed by atoms with Crippen LogP contribution in [-0.4, -0.2) is 11.1 Å². The molecule has 2 nitrogen and oxygen atoms in total. The van der Waals surface area contributed by atoms with Crippen LogP contribution in [0.3, 0.4) is 0 Å². The number of halogens is 3. The van der Waals surface area contributed by atoms with Crippen LogP contribution < -0.4 is 0 Å². The summed E-state index contributed by atoms with van der Waals surface area (Å²) in [6, 6.07) is 12.2. The normalized spacial score (nSPS) is 16.8. The molecule has 23 heavy (non-hydrogen) atoms. The first-order valence-electron chi connectivity index (χ1n) is 7.06. The van der Waals surface area contributed by atoms with Crippen LogP contribution in [0.1, 0.15) is 28.2 Å². The number of carboxylic acids is 1. The molecule has 0 saturated carbocycles. The molecule has 0 radical (unpaired) electrons. The molecule has 5 heteroatoms. The Labute approximate surface area is 130 Å². The number of aliphatic carboxylic acids is 1. The Kier molecular flexibility index (Phi) is 3.72. The zero-order valence-electron chi connectivity index (χ0n) is 12.0. The largest absolute Gasteiger partial charge is 0.478 e. The second kappa shape index (κ2) is 5.57. The fourth-order valence-electron chi connectivity index (χ4n) is 2.89. The average Bonchev–Trinajstić information content (AvgIpc) is 2.86. The third-order valence-corrected chi connectivity index (χ3v) is 4.03. The van der Waals surface area contributed by atoms with Crippen molar-refractivity contribution in [3.63, 3.8) is 0 Å². The van der Waals surface area contributed by atoms with E-state index in [0.717, 1.165) is 23.3 Å². The minimum absolute atomic E-state index is 0.270. The fraction of sp³-hybridized carbons (Fsp3) is 0.167. The highest BCUT2D eigenvalue weighted by molar-refractivity contribution is 5.97. The second-order valence-electron chi connectivity index (χ2n) is 5.49. The lowest BCUT2D eigenvalue weighted by Crippen LogP contribution is -2.11. The molecular weight excluding hydrogens is 305 g/mol. The van der Waals surface area contributed by atoms with E-state index in [9.17, 15) is 23.1 Å². The zero-order valence-corrected chi connectivity index (χ0v) is 12.0. The molecule has 0 saturated heterocycles. The molecule has 0 amide bonds. The lowest BCUT2D eigenvalue weighted by Gasteiger charge is -2.15. The van der Waals surface area contributed by atoms with Gasteiger partial charge in [-0.2, -0.15) is 13.2 Å². The van der Waals surface area contributed by atoms with Crippen molar-refractivity contribution in [3.8, 4) is 0 Å². The van der Waals surface area contributed by atoms with E-state index in [1.165, 1.54) is 12.1 Å². The van der Waals surface area contributed by atoms with E-state index >= 15 is 0 Å². The molecule has 0 spiro atoms. The molecule has 2 aromatic rings. The van der Waals surface area contributed by atoms with E-state index in [1.807, 2.05) is 24.3 Å². The van der Waals surface area contributed by atoms with Gasteiger partial charge in [0.25, 0.3) is 0 Å². The number of carboxylic acid groups (broad SMARTS) is 1. The number of fused-ring (bicyclic) bond motifs is 1. The maximum atomic E-state index is 12.6. The van der Waals surface area contributed by atoms with Gasteiger partial charge < -0.3 is 5.11 Å². The summed E-state index contributed by atoms with van der Waals surface area (Å²) in [5.41, 5.74) is 1.98. The molecule has 1 aliphatic carbocycles. The molecule has 2 aromatic carbocycles. The monoisotopic (exact) mass is 318 g/mol. The first-order chi connectivity index (χ1) is 10.9. The van der Waals surface area contributed by atoms with E-state index < -0.39 is 17.7 Å². The van der Waals surface area contributed by atoms with Gasteiger partial charge in [-0.05, 0) is 41.3 Å². The molecule has 0 heterocycles. The molecule has 0 aromatic heterocycles. The van der Waals surface area contributed by atoms with Crippen molar-refractivity contribution in [2.45, 2.75) is 18.5 Å². The van der Waals surface area contributed by atoms with Crippen LogP contribution in [0.4, 0.5) is 13.2 Å². The lowest BCUT2D eigenvalue weighted by molar-refractivity contribution is -0.137. The minimum Gasteiger partial charge on any atom is -0.478 e. The van der Waals surface area contributed by atoms with Gasteiger partial charge in [0.2, 0.25) is 0 Å². The van der Waals surface area contributed by atoms with Gasteiger partial charge in [-0.15, -0.1) is 0 Å². The van der Waals surface area contributed by atoms with Gasteiger partial charge in [0.15, 0.2) is 0 Å². The van der Waals surface area contributed by atoms with Gasteiger partial charge in [-0.1, -0.05) is 36.4 Å². The van der Waals surface area contributed by atoms with E-state index in [1.54, 1.807) is 6.08 Å². The molecule has 0 fully saturated rings. The van der Waals surface area contributed by atoms with Gasteiger partial charge in [0, 0.05) is 11.5 Å². The van der Waals surface area contributed by atoms with Gasteiger partial charge in [0.1, 0.15) is 0 Å². The van der Waals surface area contributed by atoms with Crippen LogP contribution in [-0.2, 0) is 17.4 Å². The maximum Gasteiger partial charge on any atom is 0.416 e. The Balaban J connectivity index is 1.89. The van der Waals surface area contributed by atoms with Gasteiger partial charge >= 0.3 is 12.1 Å². The van der Waals surface area contributed by atoms with Gasteiger partial charge in [0.05, 0.1) is 5.56 Å². The highest BCUT2D eigenvalue weighted by Gasteiger charge is 2.31. The SMILES string of the molecule is O=C(O)C1=Cc2ccccc2C1Cc1ccc(C(F)(F)F)cc1. The third kappa shape index (κ3) is 2.99. The zero-order chi connectivity index (χ0) is 16.6. The second-order valence-corrected chi connectivity index (χ2v) is 5.49. The Bertz CT molecular complexity index is 774. The van der Waals surface area contributed by atoms with Crippen molar-refractivity contribution in [1.29, 1.82) is 0 Å². The van der Waals surface area contributed by atoms with Crippen molar-refractivity contribution in [2.24, 2.45) is 0 Å². The van der Waals surface area contributed by atoms with E-state index in [4.69, 9.17) is 0 Å². The Morgan fingerprint density at radius 2 is 1.70 bits per heavy atom. The molecule has 0 bridgehead atoms. The third-order valence-electron chi connectivity index (χ3n) is 4.03. The van der Waals surface area contributed by atoms with Crippen molar-refractivity contribution in [2.75, 3.05) is 0 Å².